The lowest BCUT2D eigenvalue weighted by atomic mass is 9.94. The molecule has 0 atom stereocenters. The van der Waals surface area contributed by atoms with Crippen LogP contribution in [0.4, 0.5) is 6.01 Å². The second-order valence-electron chi connectivity index (χ2n) is 7.76. The molecule has 0 radical (unpaired) electrons. The van der Waals surface area contributed by atoms with Gasteiger partial charge in [-0.15, -0.1) is 0 Å². The Labute approximate surface area is 169 Å². The van der Waals surface area contributed by atoms with Crippen LogP contribution in [-0.2, 0) is 10.2 Å². The molecule has 3 aromatic rings. The molecule has 29 heavy (non-hydrogen) atoms. The van der Waals surface area contributed by atoms with Crippen LogP contribution in [0.3, 0.4) is 0 Å². The van der Waals surface area contributed by atoms with Crippen molar-refractivity contribution in [3.63, 3.8) is 0 Å². The van der Waals surface area contributed by atoms with E-state index in [1.165, 1.54) is 0 Å². The van der Waals surface area contributed by atoms with E-state index in [0.29, 0.717) is 30.3 Å². The van der Waals surface area contributed by atoms with Gasteiger partial charge in [0.25, 0.3) is 6.01 Å². The predicted octanol–water partition coefficient (Wildman–Crippen LogP) is 3.00. The number of amides is 1. The zero-order chi connectivity index (χ0) is 19.8. The summed E-state index contributed by atoms with van der Waals surface area (Å²) in [6.07, 6.45) is 4.42. The molecule has 7 heteroatoms. The van der Waals surface area contributed by atoms with Gasteiger partial charge in [-0.05, 0) is 49.1 Å². The molecule has 0 unspecified atom stereocenters. The summed E-state index contributed by atoms with van der Waals surface area (Å²) < 4.78 is 11.1. The van der Waals surface area contributed by atoms with Crippen LogP contribution in [0.25, 0.3) is 11.2 Å². The lowest BCUT2D eigenvalue weighted by Crippen LogP contribution is -2.41. The minimum atomic E-state index is -0.358. The normalized spacial score (nSPS) is 18.5. The van der Waals surface area contributed by atoms with Gasteiger partial charge in [0.15, 0.2) is 5.58 Å². The van der Waals surface area contributed by atoms with Crippen LogP contribution in [0.1, 0.15) is 24.8 Å². The molecule has 0 spiro atoms. The average Bonchev–Trinajstić information content (AvgIpc) is 3.51. The fourth-order valence-corrected chi connectivity index (χ4v) is 4.17. The van der Waals surface area contributed by atoms with Gasteiger partial charge in [0.05, 0.1) is 12.5 Å². The minimum Gasteiger partial charge on any atom is -0.497 e. The lowest BCUT2D eigenvalue weighted by Gasteiger charge is -2.26. The molecule has 1 amide bonds. The number of ether oxygens (including phenoxy) is 1. The SMILES string of the molecule is COc1ccc(C2(C(=O)N3CCCN(c4nc5ncccc5o4)CC3)CC2)cc1. The van der Waals surface area contributed by atoms with Gasteiger partial charge >= 0.3 is 0 Å². The third-order valence-electron chi connectivity index (χ3n) is 6.01. The van der Waals surface area contributed by atoms with Gasteiger partial charge in [-0.25, -0.2) is 4.98 Å². The Hall–Kier alpha value is -3.09. The largest absolute Gasteiger partial charge is 0.497 e. The average molecular weight is 392 g/mol. The van der Waals surface area contributed by atoms with Crippen molar-refractivity contribution in [1.29, 1.82) is 0 Å². The van der Waals surface area contributed by atoms with Crippen molar-refractivity contribution in [3.05, 3.63) is 48.2 Å². The van der Waals surface area contributed by atoms with Gasteiger partial charge < -0.3 is 19.0 Å². The van der Waals surface area contributed by atoms with Crippen LogP contribution in [0.5, 0.6) is 5.75 Å². The minimum absolute atomic E-state index is 0.240. The smallest absolute Gasteiger partial charge is 0.300 e. The Morgan fingerprint density at radius 2 is 1.93 bits per heavy atom. The molecule has 2 aromatic heterocycles. The van der Waals surface area contributed by atoms with E-state index in [1.807, 2.05) is 41.3 Å². The molecule has 7 nitrogen and oxygen atoms in total. The monoisotopic (exact) mass is 392 g/mol. The van der Waals surface area contributed by atoms with Crippen LogP contribution in [0, 0.1) is 0 Å². The fourth-order valence-electron chi connectivity index (χ4n) is 4.17. The van der Waals surface area contributed by atoms with Crippen LogP contribution in [0.15, 0.2) is 47.0 Å². The highest BCUT2D eigenvalue weighted by Crippen LogP contribution is 2.50. The summed E-state index contributed by atoms with van der Waals surface area (Å²) in [5.74, 6) is 1.05. The molecule has 1 saturated heterocycles. The zero-order valence-corrected chi connectivity index (χ0v) is 16.5. The Morgan fingerprint density at radius 1 is 1.10 bits per heavy atom. The Kier molecular flexibility index (Phi) is 4.38. The van der Waals surface area contributed by atoms with E-state index in [9.17, 15) is 4.79 Å². The van der Waals surface area contributed by atoms with Gasteiger partial charge in [0.1, 0.15) is 5.75 Å². The molecule has 0 bridgehead atoms. The summed E-state index contributed by atoms with van der Waals surface area (Å²) >= 11 is 0. The number of anilines is 1. The molecular weight excluding hydrogens is 368 g/mol. The van der Waals surface area contributed by atoms with Crippen LogP contribution in [0.2, 0.25) is 0 Å². The molecule has 1 aliphatic heterocycles. The van der Waals surface area contributed by atoms with Crippen molar-refractivity contribution in [1.82, 2.24) is 14.9 Å². The number of rotatable bonds is 4. The third-order valence-corrected chi connectivity index (χ3v) is 6.01. The number of carbonyl (C=O) groups is 1. The first-order chi connectivity index (χ1) is 14.2. The van der Waals surface area contributed by atoms with Gasteiger partial charge in [-0.3, -0.25) is 4.79 Å². The Balaban J connectivity index is 1.30. The molecule has 3 heterocycles. The standard InChI is InChI=1S/C22H24N4O3/c1-28-17-7-5-16(6-8-17)22(9-10-22)20(27)25-12-3-13-26(15-14-25)21-24-19-18(29-21)4-2-11-23-19/h2,4-8,11H,3,9-10,12-15H2,1H3. The molecule has 1 aliphatic carbocycles. The maximum Gasteiger partial charge on any atom is 0.300 e. The number of methoxy groups -OCH3 is 1. The third kappa shape index (κ3) is 3.20. The molecule has 2 aliphatic rings. The van der Waals surface area contributed by atoms with E-state index in [2.05, 4.69) is 14.9 Å². The molecule has 1 aromatic carbocycles. The number of carbonyl (C=O) groups excluding carboxylic acids is 1. The van der Waals surface area contributed by atoms with Crippen LogP contribution in [-0.4, -0.2) is 54.1 Å². The maximum absolute atomic E-state index is 13.4. The highest BCUT2D eigenvalue weighted by molar-refractivity contribution is 5.91. The Bertz CT molecular complexity index is 993. The van der Waals surface area contributed by atoms with E-state index in [0.717, 1.165) is 43.7 Å². The van der Waals surface area contributed by atoms with Crippen molar-refractivity contribution >= 4 is 23.2 Å². The highest BCUT2D eigenvalue weighted by Gasteiger charge is 2.53. The van der Waals surface area contributed by atoms with E-state index >= 15 is 0 Å². The number of hydrogen-bond donors (Lipinski definition) is 0. The van der Waals surface area contributed by atoms with Gasteiger partial charge in [-0.2, -0.15) is 4.98 Å². The van der Waals surface area contributed by atoms with Crippen molar-refractivity contribution in [2.24, 2.45) is 0 Å². The second kappa shape index (κ2) is 7.06. The number of aromatic nitrogens is 2. The molecule has 5 rings (SSSR count). The number of nitrogens with zero attached hydrogens (tertiary/aromatic N) is 4. The first kappa shape index (κ1) is 18.0. The number of oxazole rings is 1. The lowest BCUT2D eigenvalue weighted by molar-refractivity contribution is -0.133. The van der Waals surface area contributed by atoms with Crippen molar-refractivity contribution < 1.29 is 13.9 Å². The highest BCUT2D eigenvalue weighted by atomic mass is 16.5. The zero-order valence-electron chi connectivity index (χ0n) is 16.5. The second-order valence-corrected chi connectivity index (χ2v) is 7.76. The molecule has 150 valence electrons. The number of pyridine rings is 1. The number of fused-ring (bicyclic) bond motifs is 1. The fraction of sp³-hybridized carbons (Fsp3) is 0.409. The summed E-state index contributed by atoms with van der Waals surface area (Å²) in [5, 5.41) is 0. The summed E-state index contributed by atoms with van der Waals surface area (Å²) in [7, 11) is 1.66. The van der Waals surface area contributed by atoms with Crippen molar-refractivity contribution in [2.45, 2.75) is 24.7 Å². The van der Waals surface area contributed by atoms with Crippen LogP contribution < -0.4 is 9.64 Å². The summed E-state index contributed by atoms with van der Waals surface area (Å²) in [5.41, 5.74) is 2.05. The van der Waals surface area contributed by atoms with E-state index in [-0.39, 0.29) is 11.3 Å². The van der Waals surface area contributed by atoms with Gasteiger partial charge in [0.2, 0.25) is 11.6 Å². The van der Waals surface area contributed by atoms with Gasteiger partial charge in [-0.1, -0.05) is 12.1 Å². The molecule has 2 fully saturated rings. The van der Waals surface area contributed by atoms with E-state index < -0.39 is 0 Å². The first-order valence-electron chi connectivity index (χ1n) is 10.1. The quantitative estimate of drug-likeness (QED) is 0.680. The maximum atomic E-state index is 13.4. The number of hydrogen-bond acceptors (Lipinski definition) is 6. The van der Waals surface area contributed by atoms with Crippen LogP contribution >= 0.6 is 0 Å². The number of benzene rings is 1. The molecular formula is C22H24N4O3. The molecule has 1 saturated carbocycles. The first-order valence-corrected chi connectivity index (χ1v) is 10.1. The predicted molar refractivity (Wildman–Crippen MR) is 109 cm³/mol. The Morgan fingerprint density at radius 3 is 2.66 bits per heavy atom. The summed E-state index contributed by atoms with van der Waals surface area (Å²) in [6, 6.07) is 12.2. The molecule has 0 N–H and O–H groups in total. The summed E-state index contributed by atoms with van der Waals surface area (Å²) in [4.78, 5) is 26.3. The topological polar surface area (TPSA) is 71.7 Å². The van der Waals surface area contributed by atoms with E-state index in [1.54, 1.807) is 13.3 Å². The van der Waals surface area contributed by atoms with E-state index in [4.69, 9.17) is 9.15 Å². The van der Waals surface area contributed by atoms with Crippen molar-refractivity contribution in [3.8, 4) is 5.75 Å². The van der Waals surface area contributed by atoms with Crippen molar-refractivity contribution in [2.75, 3.05) is 38.2 Å². The van der Waals surface area contributed by atoms with Gasteiger partial charge in [0, 0.05) is 32.4 Å². The summed E-state index contributed by atoms with van der Waals surface area (Å²) in [6.45, 7) is 2.94.